The lowest BCUT2D eigenvalue weighted by molar-refractivity contribution is 0.0714. The summed E-state index contributed by atoms with van der Waals surface area (Å²) in [6.07, 6.45) is 6.05. The van der Waals surface area contributed by atoms with Crippen LogP contribution in [0.5, 0.6) is 0 Å². The maximum Gasteiger partial charge on any atom is 0.243 e. The summed E-state index contributed by atoms with van der Waals surface area (Å²) in [7, 11) is 0. The van der Waals surface area contributed by atoms with Crippen LogP contribution in [-0.4, -0.2) is 42.4 Å². The molecule has 0 bridgehead atoms. The fourth-order valence-electron chi connectivity index (χ4n) is 3.73. The Bertz CT molecular complexity index is 704. The summed E-state index contributed by atoms with van der Waals surface area (Å²) in [4.78, 5) is 11.6. The predicted octanol–water partition coefficient (Wildman–Crippen LogP) is 2.77. The molecule has 4 rings (SSSR count). The third-order valence-electron chi connectivity index (χ3n) is 5.27. The van der Waals surface area contributed by atoms with E-state index in [0.29, 0.717) is 12.0 Å². The molecule has 2 atom stereocenters. The zero-order valence-electron chi connectivity index (χ0n) is 14.8. The average molecular weight is 330 g/mol. The van der Waals surface area contributed by atoms with E-state index in [1.54, 1.807) is 0 Å². The largest absolute Gasteiger partial charge is 0.338 e. The topological polar surface area (TPSA) is 72.9 Å². The van der Waals surface area contributed by atoms with Crippen molar-refractivity contribution in [2.45, 2.75) is 77.4 Å². The van der Waals surface area contributed by atoms with E-state index in [4.69, 9.17) is 4.52 Å². The minimum absolute atomic E-state index is 0.153. The minimum atomic E-state index is 0.153. The van der Waals surface area contributed by atoms with Gasteiger partial charge in [0.15, 0.2) is 5.82 Å². The maximum absolute atomic E-state index is 5.57. The Hall–Kier alpha value is -1.76. The molecule has 0 aromatic carbocycles. The first-order chi connectivity index (χ1) is 11.6. The Labute approximate surface area is 142 Å². The van der Waals surface area contributed by atoms with Crippen LogP contribution in [-0.2, 0) is 6.54 Å². The monoisotopic (exact) mass is 330 g/mol. The van der Waals surface area contributed by atoms with Gasteiger partial charge in [-0.3, -0.25) is 4.90 Å². The highest BCUT2D eigenvalue weighted by atomic mass is 16.5. The van der Waals surface area contributed by atoms with E-state index in [1.807, 2.05) is 18.5 Å². The SMILES string of the molecule is Cc1nc(C)n(C[C@H]2CCCCN2[C@H](C)c2nc(C3CC3)no2)n1. The van der Waals surface area contributed by atoms with E-state index in [0.717, 1.165) is 36.5 Å². The van der Waals surface area contributed by atoms with Crippen molar-refractivity contribution in [3.63, 3.8) is 0 Å². The zero-order chi connectivity index (χ0) is 16.7. The molecule has 1 aliphatic carbocycles. The van der Waals surface area contributed by atoms with Crippen molar-refractivity contribution < 1.29 is 4.52 Å². The highest BCUT2D eigenvalue weighted by molar-refractivity contribution is 5.05. The second-order valence-electron chi connectivity index (χ2n) is 7.22. The summed E-state index contributed by atoms with van der Waals surface area (Å²) < 4.78 is 7.61. The van der Waals surface area contributed by atoms with Gasteiger partial charge in [-0.1, -0.05) is 11.6 Å². The first-order valence-electron chi connectivity index (χ1n) is 9.09. The molecule has 0 N–H and O–H groups in total. The number of hydrogen-bond acceptors (Lipinski definition) is 6. The molecule has 2 aromatic rings. The molecule has 0 radical (unpaired) electrons. The summed E-state index contributed by atoms with van der Waals surface area (Å²) in [6, 6.07) is 0.588. The molecule has 0 spiro atoms. The van der Waals surface area contributed by atoms with Gasteiger partial charge >= 0.3 is 0 Å². The molecule has 0 amide bonds. The van der Waals surface area contributed by atoms with Crippen LogP contribution < -0.4 is 0 Å². The number of likely N-dealkylation sites (tertiary alicyclic amines) is 1. The van der Waals surface area contributed by atoms with Gasteiger partial charge in [0.05, 0.1) is 12.6 Å². The third kappa shape index (κ3) is 3.09. The van der Waals surface area contributed by atoms with Crippen molar-refractivity contribution in [2.24, 2.45) is 0 Å². The van der Waals surface area contributed by atoms with Gasteiger partial charge in [0, 0.05) is 12.0 Å². The smallest absolute Gasteiger partial charge is 0.243 e. The van der Waals surface area contributed by atoms with Crippen LogP contribution in [0.2, 0.25) is 0 Å². The van der Waals surface area contributed by atoms with Crippen LogP contribution in [0, 0.1) is 13.8 Å². The lowest BCUT2D eigenvalue weighted by Crippen LogP contribution is -2.44. The zero-order valence-corrected chi connectivity index (χ0v) is 14.8. The quantitative estimate of drug-likeness (QED) is 0.839. The Morgan fingerprint density at radius 2 is 2.00 bits per heavy atom. The Morgan fingerprint density at radius 1 is 1.17 bits per heavy atom. The van der Waals surface area contributed by atoms with Crippen LogP contribution in [0.15, 0.2) is 4.52 Å². The summed E-state index contributed by atoms with van der Waals surface area (Å²) in [6.45, 7) is 8.10. The van der Waals surface area contributed by atoms with E-state index < -0.39 is 0 Å². The molecular weight excluding hydrogens is 304 g/mol. The van der Waals surface area contributed by atoms with Gasteiger partial charge in [-0.05, 0) is 53.0 Å². The van der Waals surface area contributed by atoms with Crippen molar-refractivity contribution in [3.05, 3.63) is 23.4 Å². The van der Waals surface area contributed by atoms with Crippen LogP contribution in [0.1, 0.15) is 74.4 Å². The Kier molecular flexibility index (Phi) is 4.12. The number of aromatic nitrogens is 5. The molecule has 1 saturated carbocycles. The number of nitrogens with zero attached hydrogens (tertiary/aromatic N) is 6. The van der Waals surface area contributed by atoms with E-state index in [-0.39, 0.29) is 6.04 Å². The highest BCUT2D eigenvalue weighted by Gasteiger charge is 2.33. The molecular formula is C17H26N6O. The number of hydrogen-bond donors (Lipinski definition) is 0. The van der Waals surface area contributed by atoms with Crippen molar-refractivity contribution in [1.29, 1.82) is 0 Å². The van der Waals surface area contributed by atoms with Crippen molar-refractivity contribution >= 4 is 0 Å². The molecule has 3 heterocycles. The van der Waals surface area contributed by atoms with Gasteiger partial charge in [0.2, 0.25) is 5.89 Å². The van der Waals surface area contributed by atoms with Gasteiger partial charge in [-0.25, -0.2) is 9.67 Å². The molecule has 0 unspecified atom stereocenters. The standard InChI is InChI=1S/C17H26N6O/c1-11(17-19-16(21-24-17)14-7-8-14)22-9-5-4-6-15(22)10-23-13(3)18-12(2)20-23/h11,14-15H,4-10H2,1-3H3/t11-,15-/m1/s1. The second kappa shape index (κ2) is 6.27. The molecule has 7 nitrogen and oxygen atoms in total. The predicted molar refractivity (Wildman–Crippen MR) is 88.5 cm³/mol. The van der Waals surface area contributed by atoms with Gasteiger partial charge in [-0.15, -0.1) is 0 Å². The van der Waals surface area contributed by atoms with Crippen LogP contribution in [0.4, 0.5) is 0 Å². The molecule has 2 aromatic heterocycles. The molecule has 130 valence electrons. The van der Waals surface area contributed by atoms with Crippen LogP contribution in [0.3, 0.4) is 0 Å². The maximum atomic E-state index is 5.57. The average Bonchev–Trinajstić information content (AvgIpc) is 3.22. The number of piperidine rings is 1. The molecule has 2 aliphatic rings. The van der Waals surface area contributed by atoms with E-state index >= 15 is 0 Å². The van der Waals surface area contributed by atoms with E-state index in [9.17, 15) is 0 Å². The fourth-order valence-corrected chi connectivity index (χ4v) is 3.73. The first-order valence-corrected chi connectivity index (χ1v) is 9.09. The lowest BCUT2D eigenvalue weighted by Gasteiger charge is -2.38. The highest BCUT2D eigenvalue weighted by Crippen LogP contribution is 2.39. The van der Waals surface area contributed by atoms with Gasteiger partial charge in [0.25, 0.3) is 0 Å². The normalized spacial score (nSPS) is 23.5. The first kappa shape index (κ1) is 15.7. The summed E-state index contributed by atoms with van der Waals surface area (Å²) in [5.41, 5.74) is 0. The molecule has 2 fully saturated rings. The lowest BCUT2D eigenvalue weighted by atomic mass is 10.00. The Balaban J connectivity index is 1.50. The van der Waals surface area contributed by atoms with Crippen molar-refractivity contribution in [3.8, 4) is 0 Å². The minimum Gasteiger partial charge on any atom is -0.338 e. The van der Waals surface area contributed by atoms with Crippen LogP contribution in [0.25, 0.3) is 0 Å². The van der Waals surface area contributed by atoms with Crippen molar-refractivity contribution in [2.75, 3.05) is 6.54 Å². The number of aryl methyl sites for hydroxylation is 2. The third-order valence-corrected chi connectivity index (χ3v) is 5.27. The second-order valence-corrected chi connectivity index (χ2v) is 7.22. The van der Waals surface area contributed by atoms with E-state index in [2.05, 4.69) is 32.0 Å². The van der Waals surface area contributed by atoms with Gasteiger partial charge < -0.3 is 4.52 Å². The molecule has 1 saturated heterocycles. The summed E-state index contributed by atoms with van der Waals surface area (Å²) in [5.74, 6) is 4.02. The van der Waals surface area contributed by atoms with E-state index in [1.165, 1.54) is 32.1 Å². The summed E-state index contributed by atoms with van der Waals surface area (Å²) in [5, 5.41) is 8.71. The van der Waals surface area contributed by atoms with Crippen molar-refractivity contribution in [1.82, 2.24) is 29.8 Å². The Morgan fingerprint density at radius 3 is 2.71 bits per heavy atom. The molecule has 7 heteroatoms. The van der Waals surface area contributed by atoms with Crippen LogP contribution >= 0.6 is 0 Å². The van der Waals surface area contributed by atoms with Gasteiger partial charge in [-0.2, -0.15) is 10.1 Å². The van der Waals surface area contributed by atoms with Gasteiger partial charge in [0.1, 0.15) is 11.6 Å². The summed E-state index contributed by atoms with van der Waals surface area (Å²) >= 11 is 0. The number of rotatable bonds is 5. The molecule has 24 heavy (non-hydrogen) atoms. The molecule has 1 aliphatic heterocycles. The fraction of sp³-hybridized carbons (Fsp3) is 0.765.